The van der Waals surface area contributed by atoms with Crippen LogP contribution in [0.1, 0.15) is 12.5 Å². The first kappa shape index (κ1) is 10.4. The fourth-order valence-electron chi connectivity index (χ4n) is 0.969. The minimum atomic E-state index is 0.575. The lowest BCUT2D eigenvalue weighted by molar-refractivity contribution is 0.213. The molecule has 0 saturated carbocycles. The maximum Gasteiger partial charge on any atom is 0.106 e. The lowest BCUT2D eigenvalue weighted by Gasteiger charge is -2.02. The van der Waals surface area contributed by atoms with Gasteiger partial charge in [-0.25, -0.2) is 0 Å². The monoisotopic (exact) mass is 217 g/mol. The molecule has 0 aliphatic carbocycles. The summed E-state index contributed by atoms with van der Waals surface area (Å²) in [5, 5.41) is 4.96. The van der Waals surface area contributed by atoms with E-state index >= 15 is 0 Å². The smallest absolute Gasteiger partial charge is 0.106 e. The Labute approximate surface area is 87.1 Å². The highest BCUT2D eigenvalue weighted by Crippen LogP contribution is 2.21. The molecule has 13 heavy (non-hydrogen) atoms. The zero-order chi connectivity index (χ0) is 9.84. The van der Waals surface area contributed by atoms with E-state index in [-0.39, 0.29) is 0 Å². The second-order valence-electron chi connectivity index (χ2n) is 2.48. The van der Waals surface area contributed by atoms with E-state index in [9.17, 15) is 0 Å². The standard InChI is InChI=1S/C9H9Cl2NO/c1-6(12-13-2)8-4-3-7(10)5-9(8)11/h3-5H,1-2H3/b12-6+. The second-order valence-corrected chi connectivity index (χ2v) is 3.33. The third-order valence-corrected chi connectivity index (χ3v) is 2.10. The highest BCUT2D eigenvalue weighted by molar-refractivity contribution is 6.36. The number of nitrogens with zero attached hydrogens (tertiary/aromatic N) is 1. The first-order chi connectivity index (χ1) is 6.15. The molecule has 0 spiro atoms. The predicted octanol–water partition coefficient (Wildman–Crippen LogP) is 3.36. The van der Waals surface area contributed by atoms with Gasteiger partial charge in [0, 0.05) is 10.6 Å². The van der Waals surface area contributed by atoms with Gasteiger partial charge in [0.05, 0.1) is 10.7 Å². The van der Waals surface area contributed by atoms with Gasteiger partial charge in [-0.2, -0.15) is 0 Å². The Balaban J connectivity index is 3.09. The van der Waals surface area contributed by atoms with Crippen molar-refractivity contribution < 1.29 is 4.84 Å². The number of halogens is 2. The average Bonchev–Trinajstić information content (AvgIpc) is 2.04. The van der Waals surface area contributed by atoms with Gasteiger partial charge in [0.25, 0.3) is 0 Å². The fourth-order valence-corrected chi connectivity index (χ4v) is 1.51. The highest BCUT2D eigenvalue weighted by Gasteiger charge is 2.04. The summed E-state index contributed by atoms with van der Waals surface area (Å²) >= 11 is 11.7. The molecule has 1 aromatic rings. The van der Waals surface area contributed by atoms with Crippen LogP contribution in [0.3, 0.4) is 0 Å². The van der Waals surface area contributed by atoms with Crippen LogP contribution in [0.5, 0.6) is 0 Å². The third-order valence-electron chi connectivity index (χ3n) is 1.55. The van der Waals surface area contributed by atoms with Gasteiger partial charge in [0.15, 0.2) is 0 Å². The molecule has 2 nitrogen and oxygen atoms in total. The van der Waals surface area contributed by atoms with Crippen LogP contribution in [0, 0.1) is 0 Å². The first-order valence-corrected chi connectivity index (χ1v) is 4.44. The summed E-state index contributed by atoms with van der Waals surface area (Å²) in [4.78, 5) is 4.64. The maximum absolute atomic E-state index is 5.94. The van der Waals surface area contributed by atoms with Gasteiger partial charge in [0.2, 0.25) is 0 Å². The predicted molar refractivity (Wildman–Crippen MR) is 55.7 cm³/mol. The average molecular weight is 218 g/mol. The molecule has 1 aromatic carbocycles. The van der Waals surface area contributed by atoms with Crippen molar-refractivity contribution in [2.45, 2.75) is 6.92 Å². The van der Waals surface area contributed by atoms with E-state index in [1.54, 1.807) is 12.1 Å². The first-order valence-electron chi connectivity index (χ1n) is 3.68. The number of hydrogen-bond donors (Lipinski definition) is 0. The van der Waals surface area contributed by atoms with Gasteiger partial charge in [-0.15, -0.1) is 0 Å². The third kappa shape index (κ3) is 2.61. The van der Waals surface area contributed by atoms with Crippen LogP contribution in [-0.2, 0) is 4.84 Å². The molecule has 0 aromatic heterocycles. The Kier molecular flexibility index (Phi) is 3.58. The van der Waals surface area contributed by atoms with Gasteiger partial charge in [-0.05, 0) is 19.1 Å². The minimum Gasteiger partial charge on any atom is -0.399 e. The van der Waals surface area contributed by atoms with Crippen molar-refractivity contribution >= 4 is 28.9 Å². The van der Waals surface area contributed by atoms with Gasteiger partial charge in [-0.1, -0.05) is 34.4 Å². The summed E-state index contributed by atoms with van der Waals surface area (Å²) in [5.74, 6) is 0. The summed E-state index contributed by atoms with van der Waals surface area (Å²) in [7, 11) is 1.49. The van der Waals surface area contributed by atoms with Crippen molar-refractivity contribution in [2.24, 2.45) is 5.16 Å². The summed E-state index contributed by atoms with van der Waals surface area (Å²) in [6.07, 6.45) is 0. The molecular formula is C9H9Cl2NO. The Hall–Kier alpha value is -0.730. The van der Waals surface area contributed by atoms with Crippen LogP contribution in [0.4, 0.5) is 0 Å². The second kappa shape index (κ2) is 4.49. The van der Waals surface area contributed by atoms with Gasteiger partial charge in [-0.3, -0.25) is 0 Å². The van der Waals surface area contributed by atoms with E-state index in [2.05, 4.69) is 9.99 Å². The Morgan fingerprint density at radius 2 is 2.08 bits per heavy atom. The zero-order valence-electron chi connectivity index (χ0n) is 7.34. The number of oxime groups is 1. The fraction of sp³-hybridized carbons (Fsp3) is 0.222. The summed E-state index contributed by atoms with van der Waals surface area (Å²) in [6.45, 7) is 1.82. The van der Waals surface area contributed by atoms with Crippen LogP contribution in [-0.4, -0.2) is 12.8 Å². The molecule has 1 rings (SSSR count). The Morgan fingerprint density at radius 1 is 1.38 bits per heavy atom. The van der Waals surface area contributed by atoms with Gasteiger partial charge in [0.1, 0.15) is 7.11 Å². The normalized spacial score (nSPS) is 11.5. The highest BCUT2D eigenvalue weighted by atomic mass is 35.5. The molecule has 0 amide bonds. The maximum atomic E-state index is 5.94. The van der Waals surface area contributed by atoms with Crippen molar-refractivity contribution in [3.8, 4) is 0 Å². The van der Waals surface area contributed by atoms with Crippen LogP contribution in [0.2, 0.25) is 10.0 Å². The van der Waals surface area contributed by atoms with Crippen LogP contribution < -0.4 is 0 Å². The van der Waals surface area contributed by atoms with Crippen molar-refractivity contribution in [3.05, 3.63) is 33.8 Å². The van der Waals surface area contributed by atoms with Crippen LogP contribution >= 0.6 is 23.2 Å². The Bertz CT molecular complexity index is 336. The van der Waals surface area contributed by atoms with Crippen molar-refractivity contribution in [1.29, 1.82) is 0 Å². The number of rotatable bonds is 2. The molecule has 0 N–H and O–H groups in total. The van der Waals surface area contributed by atoms with E-state index in [0.29, 0.717) is 10.0 Å². The topological polar surface area (TPSA) is 21.6 Å². The van der Waals surface area contributed by atoms with E-state index in [1.165, 1.54) is 7.11 Å². The van der Waals surface area contributed by atoms with Crippen LogP contribution in [0.15, 0.2) is 23.4 Å². The molecule has 0 atom stereocenters. The molecule has 4 heteroatoms. The zero-order valence-corrected chi connectivity index (χ0v) is 8.86. The van der Waals surface area contributed by atoms with Crippen molar-refractivity contribution in [3.63, 3.8) is 0 Å². The van der Waals surface area contributed by atoms with E-state index in [1.807, 2.05) is 13.0 Å². The molecule has 0 radical (unpaired) electrons. The molecule has 70 valence electrons. The lowest BCUT2D eigenvalue weighted by atomic mass is 10.1. The van der Waals surface area contributed by atoms with Crippen LogP contribution in [0.25, 0.3) is 0 Å². The number of benzene rings is 1. The van der Waals surface area contributed by atoms with E-state index in [4.69, 9.17) is 23.2 Å². The Morgan fingerprint density at radius 3 is 2.62 bits per heavy atom. The summed E-state index contributed by atoms with van der Waals surface area (Å²) in [6, 6.07) is 5.24. The quantitative estimate of drug-likeness (QED) is 0.550. The van der Waals surface area contributed by atoms with E-state index in [0.717, 1.165) is 11.3 Å². The summed E-state index contributed by atoms with van der Waals surface area (Å²) < 4.78 is 0. The molecule has 0 heterocycles. The van der Waals surface area contributed by atoms with Gasteiger partial charge >= 0.3 is 0 Å². The molecule has 0 unspecified atom stereocenters. The molecule has 0 bridgehead atoms. The molecule has 0 aliphatic rings. The minimum absolute atomic E-state index is 0.575. The molecule has 0 aliphatic heterocycles. The molecule has 0 fully saturated rings. The molecule has 0 saturated heterocycles. The largest absolute Gasteiger partial charge is 0.399 e. The van der Waals surface area contributed by atoms with Gasteiger partial charge < -0.3 is 4.84 Å². The van der Waals surface area contributed by atoms with Crippen molar-refractivity contribution in [2.75, 3.05) is 7.11 Å². The lowest BCUT2D eigenvalue weighted by Crippen LogP contribution is -1.96. The van der Waals surface area contributed by atoms with E-state index < -0.39 is 0 Å². The number of hydrogen-bond acceptors (Lipinski definition) is 2. The SMILES string of the molecule is CO/N=C(\C)c1ccc(Cl)cc1Cl. The summed E-state index contributed by atoms with van der Waals surface area (Å²) in [5.41, 5.74) is 1.55. The molecular weight excluding hydrogens is 209 g/mol. The van der Waals surface area contributed by atoms with Crippen molar-refractivity contribution in [1.82, 2.24) is 0 Å².